The van der Waals surface area contributed by atoms with Crippen LogP contribution in [0.5, 0.6) is 0 Å². The lowest BCUT2D eigenvalue weighted by Crippen LogP contribution is -2.25. The van der Waals surface area contributed by atoms with Crippen LogP contribution in [-0.2, 0) is 4.74 Å². The SMILES string of the molecule is CCOCCCNC(c1ccc(Cl)cc1)C1CC1. The van der Waals surface area contributed by atoms with E-state index in [2.05, 4.69) is 17.4 Å². The number of ether oxygens (including phenoxy) is 1. The standard InChI is InChI=1S/C15H22ClNO/c1-2-18-11-3-10-17-15(12-4-5-12)13-6-8-14(16)9-7-13/h6-9,12,15,17H,2-5,10-11H2,1H3. The van der Waals surface area contributed by atoms with Crippen LogP contribution < -0.4 is 5.32 Å². The zero-order chi connectivity index (χ0) is 12.8. The van der Waals surface area contributed by atoms with Crippen molar-refractivity contribution in [3.8, 4) is 0 Å². The molecule has 1 fully saturated rings. The van der Waals surface area contributed by atoms with Gasteiger partial charge in [-0.2, -0.15) is 0 Å². The van der Waals surface area contributed by atoms with Crippen molar-refractivity contribution in [2.45, 2.75) is 32.2 Å². The Labute approximate surface area is 115 Å². The summed E-state index contributed by atoms with van der Waals surface area (Å²) in [6.45, 7) is 4.71. The molecule has 18 heavy (non-hydrogen) atoms. The van der Waals surface area contributed by atoms with E-state index >= 15 is 0 Å². The summed E-state index contributed by atoms with van der Waals surface area (Å²) < 4.78 is 5.36. The Morgan fingerprint density at radius 2 is 2.06 bits per heavy atom. The summed E-state index contributed by atoms with van der Waals surface area (Å²) in [7, 11) is 0. The summed E-state index contributed by atoms with van der Waals surface area (Å²) in [5.74, 6) is 0.804. The third kappa shape index (κ3) is 4.27. The first kappa shape index (κ1) is 13.9. The first-order chi connectivity index (χ1) is 8.81. The zero-order valence-corrected chi connectivity index (χ0v) is 11.7. The minimum Gasteiger partial charge on any atom is -0.382 e. The first-order valence-corrected chi connectivity index (χ1v) is 7.25. The van der Waals surface area contributed by atoms with Crippen molar-refractivity contribution in [2.24, 2.45) is 5.92 Å². The monoisotopic (exact) mass is 267 g/mol. The molecule has 1 saturated carbocycles. The van der Waals surface area contributed by atoms with Crippen LogP contribution in [0.2, 0.25) is 5.02 Å². The lowest BCUT2D eigenvalue weighted by atomic mass is 10.0. The molecule has 1 atom stereocenters. The molecule has 0 aromatic heterocycles. The van der Waals surface area contributed by atoms with E-state index in [1.54, 1.807) is 0 Å². The number of hydrogen-bond donors (Lipinski definition) is 1. The summed E-state index contributed by atoms with van der Waals surface area (Å²) in [5, 5.41) is 4.46. The molecule has 1 aromatic carbocycles. The van der Waals surface area contributed by atoms with E-state index in [4.69, 9.17) is 16.3 Å². The number of benzene rings is 1. The largest absolute Gasteiger partial charge is 0.382 e. The Bertz CT molecular complexity index is 348. The molecule has 100 valence electrons. The van der Waals surface area contributed by atoms with Gasteiger partial charge in [0.1, 0.15) is 0 Å². The molecule has 1 aromatic rings. The molecule has 0 heterocycles. The van der Waals surface area contributed by atoms with Gasteiger partial charge in [-0.15, -0.1) is 0 Å². The van der Waals surface area contributed by atoms with Crippen LogP contribution in [0.1, 0.15) is 37.8 Å². The lowest BCUT2D eigenvalue weighted by molar-refractivity contribution is 0.144. The number of hydrogen-bond acceptors (Lipinski definition) is 2. The van der Waals surface area contributed by atoms with Gasteiger partial charge < -0.3 is 10.1 Å². The van der Waals surface area contributed by atoms with Gasteiger partial charge in [0.25, 0.3) is 0 Å². The third-order valence-electron chi connectivity index (χ3n) is 3.36. The molecule has 1 unspecified atom stereocenters. The predicted octanol–water partition coefficient (Wildman–Crippen LogP) is 3.81. The van der Waals surface area contributed by atoms with E-state index in [9.17, 15) is 0 Å². The van der Waals surface area contributed by atoms with Gasteiger partial charge in [-0.3, -0.25) is 0 Å². The van der Waals surface area contributed by atoms with E-state index in [-0.39, 0.29) is 0 Å². The fraction of sp³-hybridized carbons (Fsp3) is 0.600. The van der Waals surface area contributed by atoms with Crippen LogP contribution in [-0.4, -0.2) is 19.8 Å². The molecule has 0 saturated heterocycles. The molecule has 1 aliphatic rings. The quantitative estimate of drug-likeness (QED) is 0.724. The Hall–Kier alpha value is -0.570. The molecular weight excluding hydrogens is 246 g/mol. The van der Waals surface area contributed by atoms with Crippen LogP contribution in [0.25, 0.3) is 0 Å². The summed E-state index contributed by atoms with van der Waals surface area (Å²) in [4.78, 5) is 0. The van der Waals surface area contributed by atoms with E-state index in [0.29, 0.717) is 6.04 Å². The summed E-state index contributed by atoms with van der Waals surface area (Å²) in [6.07, 6.45) is 3.75. The third-order valence-corrected chi connectivity index (χ3v) is 3.61. The van der Waals surface area contributed by atoms with Crippen molar-refractivity contribution in [2.75, 3.05) is 19.8 Å². The molecule has 0 spiro atoms. The maximum Gasteiger partial charge on any atom is 0.0477 e. The van der Waals surface area contributed by atoms with Gasteiger partial charge >= 0.3 is 0 Å². The number of nitrogens with one attached hydrogen (secondary N) is 1. The Kier molecular flexibility index (Phi) is 5.48. The molecule has 2 rings (SSSR count). The van der Waals surface area contributed by atoms with Crippen molar-refractivity contribution >= 4 is 11.6 Å². The first-order valence-electron chi connectivity index (χ1n) is 6.88. The second kappa shape index (κ2) is 7.13. The Balaban J connectivity index is 1.82. The average Bonchev–Trinajstić information content (AvgIpc) is 3.20. The van der Waals surface area contributed by atoms with E-state index in [1.165, 1.54) is 18.4 Å². The summed E-state index contributed by atoms with van der Waals surface area (Å²) in [6, 6.07) is 8.73. The van der Waals surface area contributed by atoms with Crippen molar-refractivity contribution in [1.82, 2.24) is 5.32 Å². The van der Waals surface area contributed by atoms with Crippen molar-refractivity contribution < 1.29 is 4.74 Å². The van der Waals surface area contributed by atoms with Gasteiger partial charge in [-0.25, -0.2) is 0 Å². The van der Waals surface area contributed by atoms with Crippen LogP contribution >= 0.6 is 11.6 Å². The lowest BCUT2D eigenvalue weighted by Gasteiger charge is -2.19. The molecule has 0 amide bonds. The molecule has 1 N–H and O–H groups in total. The van der Waals surface area contributed by atoms with Crippen LogP contribution in [0.4, 0.5) is 0 Å². The molecular formula is C15H22ClNO. The highest BCUT2D eigenvalue weighted by atomic mass is 35.5. The minimum absolute atomic E-state index is 0.490. The van der Waals surface area contributed by atoms with Gasteiger partial charge in [0.15, 0.2) is 0 Å². The average molecular weight is 268 g/mol. The Morgan fingerprint density at radius 3 is 2.67 bits per heavy atom. The zero-order valence-electron chi connectivity index (χ0n) is 11.0. The number of rotatable bonds is 8. The molecule has 3 heteroatoms. The predicted molar refractivity (Wildman–Crippen MR) is 76.0 cm³/mol. The molecule has 0 aliphatic heterocycles. The summed E-state index contributed by atoms with van der Waals surface area (Å²) >= 11 is 5.94. The van der Waals surface area contributed by atoms with Gasteiger partial charge in [0.05, 0.1) is 0 Å². The van der Waals surface area contributed by atoms with Gasteiger partial charge in [0, 0.05) is 24.3 Å². The minimum atomic E-state index is 0.490. The van der Waals surface area contributed by atoms with Gasteiger partial charge in [-0.1, -0.05) is 23.7 Å². The number of halogens is 1. The topological polar surface area (TPSA) is 21.3 Å². The van der Waals surface area contributed by atoms with Crippen molar-refractivity contribution in [3.05, 3.63) is 34.9 Å². The second-order valence-corrected chi connectivity index (χ2v) is 5.31. The summed E-state index contributed by atoms with van der Waals surface area (Å²) in [5.41, 5.74) is 1.36. The van der Waals surface area contributed by atoms with Crippen LogP contribution in [0.15, 0.2) is 24.3 Å². The Morgan fingerprint density at radius 1 is 1.33 bits per heavy atom. The smallest absolute Gasteiger partial charge is 0.0477 e. The van der Waals surface area contributed by atoms with Crippen LogP contribution in [0.3, 0.4) is 0 Å². The fourth-order valence-electron chi connectivity index (χ4n) is 2.23. The van der Waals surface area contributed by atoms with E-state index < -0.39 is 0 Å². The highest BCUT2D eigenvalue weighted by Gasteiger charge is 2.31. The molecule has 2 nitrogen and oxygen atoms in total. The van der Waals surface area contributed by atoms with Crippen LogP contribution in [0, 0.1) is 5.92 Å². The highest BCUT2D eigenvalue weighted by Crippen LogP contribution is 2.41. The van der Waals surface area contributed by atoms with Gasteiger partial charge in [0.2, 0.25) is 0 Å². The second-order valence-electron chi connectivity index (χ2n) is 4.87. The molecule has 1 aliphatic carbocycles. The molecule has 0 bridgehead atoms. The fourth-order valence-corrected chi connectivity index (χ4v) is 2.36. The van der Waals surface area contributed by atoms with E-state index in [1.807, 2.05) is 19.1 Å². The maximum absolute atomic E-state index is 5.94. The molecule has 0 radical (unpaired) electrons. The normalized spacial score (nSPS) is 16.8. The van der Waals surface area contributed by atoms with Gasteiger partial charge in [-0.05, 0) is 56.3 Å². The highest BCUT2D eigenvalue weighted by molar-refractivity contribution is 6.30. The van der Waals surface area contributed by atoms with Crippen molar-refractivity contribution in [1.29, 1.82) is 0 Å². The maximum atomic E-state index is 5.94. The van der Waals surface area contributed by atoms with E-state index in [0.717, 1.165) is 37.1 Å². The van der Waals surface area contributed by atoms with Crippen molar-refractivity contribution in [3.63, 3.8) is 0 Å².